The Balaban J connectivity index is 1.70. The van der Waals surface area contributed by atoms with Gasteiger partial charge in [0.15, 0.2) is 0 Å². The van der Waals surface area contributed by atoms with Gasteiger partial charge in [0.2, 0.25) is 0 Å². The first-order valence-corrected chi connectivity index (χ1v) is 7.97. The lowest BCUT2D eigenvalue weighted by Crippen LogP contribution is -2.03. The van der Waals surface area contributed by atoms with Crippen molar-refractivity contribution in [2.45, 2.75) is 6.54 Å². The van der Waals surface area contributed by atoms with E-state index in [4.69, 9.17) is 9.47 Å². The van der Waals surface area contributed by atoms with Crippen molar-refractivity contribution in [2.75, 3.05) is 24.9 Å². The molecule has 0 aliphatic heterocycles. The van der Waals surface area contributed by atoms with E-state index in [1.165, 1.54) is 18.5 Å². The Labute approximate surface area is 151 Å². The molecule has 0 unspecified atom stereocenters. The smallest absolute Gasteiger partial charge is 0.146 e. The number of hydrogen-bond acceptors (Lipinski definition) is 6. The maximum Gasteiger partial charge on any atom is 0.146 e. The van der Waals surface area contributed by atoms with Crippen molar-refractivity contribution in [1.29, 1.82) is 0 Å². The summed E-state index contributed by atoms with van der Waals surface area (Å²) in [6.45, 7) is 0.530. The van der Waals surface area contributed by atoms with Crippen LogP contribution in [-0.2, 0) is 6.54 Å². The average molecular weight is 354 g/mol. The molecule has 0 aliphatic rings. The first-order chi connectivity index (χ1) is 12.7. The van der Waals surface area contributed by atoms with Crippen LogP contribution >= 0.6 is 0 Å². The molecule has 0 saturated heterocycles. The van der Waals surface area contributed by atoms with Gasteiger partial charge < -0.3 is 20.1 Å². The molecular formula is C19H19FN4O2. The monoisotopic (exact) mass is 354 g/mol. The van der Waals surface area contributed by atoms with Crippen molar-refractivity contribution >= 4 is 17.3 Å². The Morgan fingerprint density at radius 3 is 2.42 bits per heavy atom. The molecule has 3 rings (SSSR count). The van der Waals surface area contributed by atoms with Crippen molar-refractivity contribution in [3.05, 3.63) is 66.2 Å². The quantitative estimate of drug-likeness (QED) is 0.669. The van der Waals surface area contributed by atoms with E-state index in [1.54, 1.807) is 38.5 Å². The summed E-state index contributed by atoms with van der Waals surface area (Å²) in [6.07, 6.45) is 1.46. The fourth-order valence-electron chi connectivity index (χ4n) is 2.36. The molecule has 0 aliphatic carbocycles. The van der Waals surface area contributed by atoms with Crippen LogP contribution in [0.5, 0.6) is 11.5 Å². The summed E-state index contributed by atoms with van der Waals surface area (Å²) in [4.78, 5) is 8.42. The summed E-state index contributed by atoms with van der Waals surface area (Å²) in [5.41, 5.74) is 1.72. The third-order valence-electron chi connectivity index (χ3n) is 3.73. The standard InChI is InChI=1S/C19H19FN4O2/c1-25-15-7-8-16(17(9-15)26-2)24-19-10-18(22-12-23-19)21-11-13-3-5-14(20)6-4-13/h3-10,12H,11H2,1-2H3,(H2,21,22,23,24). The third-order valence-corrected chi connectivity index (χ3v) is 3.73. The zero-order valence-electron chi connectivity index (χ0n) is 14.5. The highest BCUT2D eigenvalue weighted by Crippen LogP contribution is 2.31. The van der Waals surface area contributed by atoms with Gasteiger partial charge in [-0.25, -0.2) is 14.4 Å². The molecule has 6 nitrogen and oxygen atoms in total. The first kappa shape index (κ1) is 17.5. The van der Waals surface area contributed by atoms with Crippen LogP contribution in [0.1, 0.15) is 5.56 Å². The molecule has 2 N–H and O–H groups in total. The summed E-state index contributed by atoms with van der Waals surface area (Å²) in [5.74, 6) is 2.36. The number of hydrogen-bond donors (Lipinski definition) is 2. The summed E-state index contributed by atoms with van der Waals surface area (Å²) in [6, 6.07) is 13.6. The lowest BCUT2D eigenvalue weighted by molar-refractivity contribution is 0.395. The molecule has 0 amide bonds. The number of anilines is 3. The molecule has 0 saturated carbocycles. The molecule has 7 heteroatoms. The van der Waals surface area contributed by atoms with Gasteiger partial charge in [-0.05, 0) is 29.8 Å². The normalized spacial score (nSPS) is 10.3. The van der Waals surface area contributed by atoms with Crippen LogP contribution in [0.15, 0.2) is 54.9 Å². The van der Waals surface area contributed by atoms with Gasteiger partial charge in [0.25, 0.3) is 0 Å². The molecule has 0 radical (unpaired) electrons. The predicted octanol–water partition coefficient (Wildman–Crippen LogP) is 3.99. The van der Waals surface area contributed by atoms with Crippen LogP contribution in [0.25, 0.3) is 0 Å². The Morgan fingerprint density at radius 2 is 1.69 bits per heavy atom. The van der Waals surface area contributed by atoms with Gasteiger partial charge >= 0.3 is 0 Å². The van der Waals surface area contributed by atoms with E-state index in [2.05, 4.69) is 20.6 Å². The topological polar surface area (TPSA) is 68.3 Å². The number of ether oxygens (including phenoxy) is 2. The van der Waals surface area contributed by atoms with Gasteiger partial charge in [-0.3, -0.25) is 0 Å². The van der Waals surface area contributed by atoms with Crippen LogP contribution < -0.4 is 20.1 Å². The molecular weight excluding hydrogens is 335 g/mol. The summed E-state index contributed by atoms with van der Waals surface area (Å²) in [7, 11) is 3.20. The Kier molecular flexibility index (Phi) is 5.48. The highest BCUT2D eigenvalue weighted by molar-refractivity contribution is 5.66. The second-order valence-corrected chi connectivity index (χ2v) is 5.46. The summed E-state index contributed by atoms with van der Waals surface area (Å²) >= 11 is 0. The number of benzene rings is 2. The molecule has 0 spiro atoms. The molecule has 2 aromatic carbocycles. The minimum absolute atomic E-state index is 0.254. The van der Waals surface area contributed by atoms with Crippen LogP contribution in [0.3, 0.4) is 0 Å². The van der Waals surface area contributed by atoms with E-state index >= 15 is 0 Å². The highest BCUT2D eigenvalue weighted by Gasteiger charge is 2.07. The lowest BCUT2D eigenvalue weighted by Gasteiger charge is -2.12. The van der Waals surface area contributed by atoms with E-state index < -0.39 is 0 Å². The number of methoxy groups -OCH3 is 2. The van der Waals surface area contributed by atoms with Crippen molar-refractivity contribution in [3.8, 4) is 11.5 Å². The Morgan fingerprint density at radius 1 is 0.923 bits per heavy atom. The third kappa shape index (κ3) is 4.38. The highest BCUT2D eigenvalue weighted by atomic mass is 19.1. The first-order valence-electron chi connectivity index (χ1n) is 7.97. The van der Waals surface area contributed by atoms with E-state index in [-0.39, 0.29) is 5.82 Å². The Hall–Kier alpha value is -3.35. The van der Waals surface area contributed by atoms with Gasteiger partial charge in [0, 0.05) is 18.7 Å². The molecule has 3 aromatic rings. The van der Waals surface area contributed by atoms with Crippen LogP contribution in [0, 0.1) is 5.82 Å². The van der Waals surface area contributed by atoms with Crippen molar-refractivity contribution in [2.24, 2.45) is 0 Å². The maximum absolute atomic E-state index is 13.0. The minimum atomic E-state index is -0.254. The van der Waals surface area contributed by atoms with Crippen LogP contribution in [0.2, 0.25) is 0 Å². The fourth-order valence-corrected chi connectivity index (χ4v) is 2.36. The zero-order valence-corrected chi connectivity index (χ0v) is 14.5. The average Bonchev–Trinajstić information content (AvgIpc) is 2.68. The van der Waals surface area contributed by atoms with E-state index in [0.717, 1.165) is 11.3 Å². The second-order valence-electron chi connectivity index (χ2n) is 5.46. The van der Waals surface area contributed by atoms with Gasteiger partial charge in [0.05, 0.1) is 19.9 Å². The fraction of sp³-hybridized carbons (Fsp3) is 0.158. The number of halogens is 1. The maximum atomic E-state index is 13.0. The van der Waals surface area contributed by atoms with Crippen molar-refractivity contribution in [3.63, 3.8) is 0 Å². The Bertz CT molecular complexity index is 872. The lowest BCUT2D eigenvalue weighted by atomic mass is 10.2. The summed E-state index contributed by atoms with van der Waals surface area (Å²) < 4.78 is 23.5. The van der Waals surface area contributed by atoms with Crippen LogP contribution in [0.4, 0.5) is 21.7 Å². The molecule has 1 aromatic heterocycles. The van der Waals surface area contributed by atoms with Gasteiger partial charge in [0.1, 0.15) is 35.3 Å². The molecule has 26 heavy (non-hydrogen) atoms. The van der Waals surface area contributed by atoms with Crippen LogP contribution in [-0.4, -0.2) is 24.2 Å². The number of rotatable bonds is 7. The molecule has 0 fully saturated rings. The summed E-state index contributed by atoms with van der Waals surface area (Å²) in [5, 5.41) is 6.39. The second kappa shape index (κ2) is 8.15. The predicted molar refractivity (Wildman–Crippen MR) is 98.6 cm³/mol. The van der Waals surface area contributed by atoms with Gasteiger partial charge in [-0.2, -0.15) is 0 Å². The molecule has 0 atom stereocenters. The SMILES string of the molecule is COc1ccc(Nc2cc(NCc3ccc(F)cc3)ncn2)c(OC)c1. The number of nitrogens with one attached hydrogen (secondary N) is 2. The minimum Gasteiger partial charge on any atom is -0.497 e. The zero-order chi connectivity index (χ0) is 18.4. The number of nitrogens with zero attached hydrogens (tertiary/aromatic N) is 2. The van der Waals surface area contributed by atoms with Crippen molar-refractivity contribution in [1.82, 2.24) is 9.97 Å². The largest absolute Gasteiger partial charge is 0.497 e. The van der Waals surface area contributed by atoms with Gasteiger partial charge in [-0.15, -0.1) is 0 Å². The van der Waals surface area contributed by atoms with Crippen molar-refractivity contribution < 1.29 is 13.9 Å². The van der Waals surface area contributed by atoms with E-state index in [0.29, 0.717) is 29.7 Å². The van der Waals surface area contributed by atoms with Gasteiger partial charge in [-0.1, -0.05) is 12.1 Å². The number of aromatic nitrogens is 2. The molecule has 1 heterocycles. The van der Waals surface area contributed by atoms with E-state index in [1.807, 2.05) is 12.1 Å². The van der Waals surface area contributed by atoms with E-state index in [9.17, 15) is 4.39 Å². The molecule has 134 valence electrons. The molecule has 0 bridgehead atoms.